The summed E-state index contributed by atoms with van der Waals surface area (Å²) in [5.41, 5.74) is 21.7. The molecule has 0 amide bonds. The average molecular weight is 897 g/mol. The molecule has 0 heterocycles. The minimum absolute atomic E-state index is 0.0195. The predicted octanol–water partition coefficient (Wildman–Crippen LogP) is 20.2. The fourth-order valence-corrected chi connectivity index (χ4v) is 10.2. The van der Waals surface area contributed by atoms with E-state index in [1.807, 2.05) is 43.8 Å². The van der Waals surface area contributed by atoms with E-state index < -0.39 is 0 Å². The second kappa shape index (κ2) is 23.0. The Kier molecular flexibility index (Phi) is 17.3. The van der Waals surface area contributed by atoms with Crippen molar-refractivity contribution in [2.24, 2.45) is 0 Å². The van der Waals surface area contributed by atoms with Crippen LogP contribution in [0.5, 0.6) is 0 Å². The molecule has 0 fully saturated rings. The lowest BCUT2D eigenvalue weighted by Gasteiger charge is -2.22. The molecule has 8 aromatic rings. The van der Waals surface area contributed by atoms with E-state index in [4.69, 9.17) is 0 Å². The maximum absolute atomic E-state index is 3.48. The molecule has 0 radical (unpaired) electrons. The van der Waals surface area contributed by atoms with Crippen molar-refractivity contribution >= 4 is 11.8 Å². The summed E-state index contributed by atoms with van der Waals surface area (Å²) in [5.74, 6) is 0. The van der Waals surface area contributed by atoms with Crippen molar-refractivity contribution in [2.75, 3.05) is 0 Å². The molecule has 0 atom stereocenters. The first-order valence-corrected chi connectivity index (χ1v) is 25.4. The Bertz CT molecular complexity index is 2820. The van der Waals surface area contributed by atoms with Crippen molar-refractivity contribution in [2.45, 2.75) is 116 Å². The zero-order chi connectivity index (χ0) is 48.1. The van der Waals surface area contributed by atoms with Crippen LogP contribution in [-0.2, 0) is 10.8 Å². The van der Waals surface area contributed by atoms with E-state index in [1.54, 1.807) is 0 Å². The molecule has 67 heavy (non-hydrogen) atoms. The van der Waals surface area contributed by atoms with Crippen LogP contribution in [0, 0.1) is 13.8 Å². The van der Waals surface area contributed by atoms with Gasteiger partial charge in [0.15, 0.2) is 0 Å². The molecule has 1 heteroatoms. The lowest BCUT2D eigenvalue weighted by atomic mass is 9.81. The van der Waals surface area contributed by atoms with E-state index in [1.165, 1.54) is 112 Å². The quantitative estimate of drug-likeness (QED) is 0.144. The molecule has 0 saturated carbocycles. The molecule has 0 saturated heterocycles. The van der Waals surface area contributed by atoms with Gasteiger partial charge < -0.3 is 0 Å². The largest absolute Gasteiger partial charge is 0.103 e. The summed E-state index contributed by atoms with van der Waals surface area (Å²) in [6.45, 7) is 27.9. The first-order valence-electron chi connectivity index (χ1n) is 24.5. The monoisotopic (exact) mass is 897 g/mol. The number of benzene rings is 8. The van der Waals surface area contributed by atoms with E-state index in [-0.39, 0.29) is 10.8 Å². The highest BCUT2D eigenvalue weighted by Crippen LogP contribution is 2.52. The molecule has 2 aliphatic rings. The molecule has 342 valence electrons. The van der Waals surface area contributed by atoms with E-state index in [0.29, 0.717) is 0 Å². The Morgan fingerprint density at radius 3 is 1.40 bits per heavy atom. The topological polar surface area (TPSA) is 0 Å². The van der Waals surface area contributed by atoms with Crippen molar-refractivity contribution < 1.29 is 0 Å². The molecule has 8 aromatic carbocycles. The third-order valence-electron chi connectivity index (χ3n) is 13.3. The van der Waals surface area contributed by atoms with Gasteiger partial charge >= 0.3 is 0 Å². The van der Waals surface area contributed by atoms with E-state index >= 15 is 0 Å². The Balaban J connectivity index is 0.000000279. The number of hydrogen-bond donors (Lipinski definition) is 0. The van der Waals surface area contributed by atoms with Gasteiger partial charge in [-0.1, -0.05) is 251 Å². The molecule has 0 aliphatic heterocycles. The van der Waals surface area contributed by atoms with Crippen LogP contribution in [0.3, 0.4) is 0 Å². The zero-order valence-electron chi connectivity index (χ0n) is 42.1. The van der Waals surface area contributed by atoms with Gasteiger partial charge in [0, 0.05) is 20.6 Å². The molecule has 0 bridgehead atoms. The van der Waals surface area contributed by atoms with Crippen LogP contribution in [0.1, 0.15) is 115 Å². The van der Waals surface area contributed by atoms with Gasteiger partial charge in [0.1, 0.15) is 0 Å². The van der Waals surface area contributed by atoms with E-state index in [2.05, 4.69) is 239 Å². The summed E-state index contributed by atoms with van der Waals surface area (Å²) in [5, 5.41) is 0. The predicted molar refractivity (Wildman–Crippen MR) is 297 cm³/mol. The van der Waals surface area contributed by atoms with E-state index in [0.717, 1.165) is 6.42 Å². The number of rotatable bonds is 7. The molecule has 10 rings (SSSR count). The van der Waals surface area contributed by atoms with Crippen LogP contribution >= 0.6 is 11.8 Å². The number of fused-ring (bicyclic) bond motifs is 6. The highest BCUT2D eigenvalue weighted by molar-refractivity contribution is 7.99. The smallest absolute Gasteiger partial charge is 0.0159 e. The Hall–Kier alpha value is -6.15. The van der Waals surface area contributed by atoms with Gasteiger partial charge in [-0.15, -0.1) is 6.58 Å². The molecule has 0 spiro atoms. The minimum Gasteiger partial charge on any atom is -0.103 e. The lowest BCUT2D eigenvalue weighted by molar-refractivity contribution is 0.658. The van der Waals surface area contributed by atoms with Crippen LogP contribution in [0.4, 0.5) is 0 Å². The maximum Gasteiger partial charge on any atom is 0.0159 e. The Morgan fingerprint density at radius 1 is 0.403 bits per heavy atom. The average Bonchev–Trinajstić information content (AvgIpc) is 3.75. The highest BCUT2D eigenvalue weighted by atomic mass is 32.2. The summed E-state index contributed by atoms with van der Waals surface area (Å²) in [7, 11) is 0. The Morgan fingerprint density at radius 2 is 0.836 bits per heavy atom. The minimum atomic E-state index is 0.0195. The number of hydrogen-bond acceptors (Lipinski definition) is 1. The molecular weight excluding hydrogens is 825 g/mol. The van der Waals surface area contributed by atoms with Crippen LogP contribution in [-0.4, -0.2) is 0 Å². The Labute approximate surface area is 409 Å². The fourth-order valence-electron chi connectivity index (χ4n) is 9.35. The van der Waals surface area contributed by atoms with Gasteiger partial charge in [-0.2, -0.15) is 0 Å². The second-order valence-electron chi connectivity index (χ2n) is 18.2. The maximum atomic E-state index is 3.48. The third-order valence-corrected chi connectivity index (χ3v) is 14.3. The standard InChI is InChI=1S/C44H38S.C12H10.C4H10.C4H8.C2H6/c1-27-32(14-11-15-33(27)34-24-25-40-42(28(34)2)37-13-8-10-17-39(37)43(40,3)4)29-18-20-30(21-19-29)45-31-22-23-36-35-12-7-9-16-38(35)44(5,6)41(36)26-31;1-3-7-11(8-4-1)12-9-5-2-6-10-12;2*1-3-4-2;1-2/h7-26H,1-6H3;1-10H;3-4H2,1-2H3;3H,1,4H2,2H3;1-2H3. The van der Waals surface area contributed by atoms with Gasteiger partial charge in [0.05, 0.1) is 0 Å². The molecule has 2 aliphatic carbocycles. The van der Waals surface area contributed by atoms with Crippen LogP contribution in [0.2, 0.25) is 0 Å². The molecule has 0 nitrogen and oxygen atoms in total. The molecular formula is C66H72S. The zero-order valence-corrected chi connectivity index (χ0v) is 43.0. The van der Waals surface area contributed by atoms with Crippen LogP contribution in [0.25, 0.3) is 55.6 Å². The number of allylic oxidation sites excluding steroid dienone is 1. The molecule has 0 aromatic heterocycles. The summed E-state index contributed by atoms with van der Waals surface area (Å²) in [6, 6.07) is 66.2. The van der Waals surface area contributed by atoms with Crippen LogP contribution in [0.15, 0.2) is 204 Å². The van der Waals surface area contributed by atoms with Crippen molar-refractivity contribution in [1.82, 2.24) is 0 Å². The van der Waals surface area contributed by atoms with Gasteiger partial charge in [0.25, 0.3) is 0 Å². The first kappa shape index (κ1) is 50.3. The fraction of sp³-hybridized carbons (Fsp3) is 0.242. The van der Waals surface area contributed by atoms with Crippen molar-refractivity contribution in [3.05, 3.63) is 228 Å². The summed E-state index contributed by atoms with van der Waals surface area (Å²) < 4.78 is 0. The lowest BCUT2D eigenvalue weighted by Crippen LogP contribution is -2.14. The van der Waals surface area contributed by atoms with Gasteiger partial charge in [-0.25, -0.2) is 0 Å². The molecule has 0 unspecified atom stereocenters. The number of unbranched alkanes of at least 4 members (excludes halogenated alkanes) is 1. The second-order valence-corrected chi connectivity index (χ2v) is 19.4. The summed E-state index contributed by atoms with van der Waals surface area (Å²) in [4.78, 5) is 2.55. The van der Waals surface area contributed by atoms with Gasteiger partial charge in [0.2, 0.25) is 0 Å². The van der Waals surface area contributed by atoms with Crippen LogP contribution < -0.4 is 0 Å². The summed E-state index contributed by atoms with van der Waals surface area (Å²) >= 11 is 1.85. The first-order chi connectivity index (χ1) is 32.5. The van der Waals surface area contributed by atoms with Crippen molar-refractivity contribution in [1.29, 1.82) is 0 Å². The summed E-state index contributed by atoms with van der Waals surface area (Å²) in [6.07, 6.45) is 5.60. The third kappa shape index (κ3) is 10.9. The SMILES string of the molecule is C=CCC.CC.CCCC.Cc1c(-c2ccc(Sc3ccc4c(c3)C(C)(C)c3ccccc3-4)cc2)cccc1-c1ccc2c(c1C)-c1ccccc1C2(C)C.c1ccc(-c2ccccc2)cc1. The highest BCUT2D eigenvalue weighted by Gasteiger charge is 2.37. The molecule has 0 N–H and O–H groups in total. The van der Waals surface area contributed by atoms with Gasteiger partial charge in [-0.05, 0) is 134 Å². The normalized spacial score (nSPS) is 12.6. The van der Waals surface area contributed by atoms with E-state index in [9.17, 15) is 0 Å². The van der Waals surface area contributed by atoms with Gasteiger partial charge in [-0.3, -0.25) is 0 Å². The van der Waals surface area contributed by atoms with Crippen molar-refractivity contribution in [3.63, 3.8) is 0 Å². The van der Waals surface area contributed by atoms with Crippen molar-refractivity contribution in [3.8, 4) is 55.6 Å².